The van der Waals surface area contributed by atoms with Gasteiger partial charge in [0.05, 0.1) is 26.4 Å². The number of methoxy groups -OCH3 is 3. The second-order valence-electron chi connectivity index (χ2n) is 4.19. The Morgan fingerprint density at radius 3 is 2.45 bits per heavy atom. The second-order valence-corrected chi connectivity index (χ2v) is 4.19. The molecule has 1 unspecified atom stereocenters. The van der Waals surface area contributed by atoms with Gasteiger partial charge in [0, 0.05) is 27.8 Å². The van der Waals surface area contributed by atoms with Crippen LogP contribution >= 0.6 is 0 Å². The fourth-order valence-corrected chi connectivity index (χ4v) is 1.72. The maximum atomic E-state index is 5.20. The monoisotopic (exact) mass is 285 g/mol. The summed E-state index contributed by atoms with van der Waals surface area (Å²) in [4.78, 5) is 14.7. The number of nitrogens with zero attached hydrogens (tertiary/aromatic N) is 4. The minimum Gasteiger partial charge on any atom is -0.467 e. The number of aromatic nitrogens is 3. The molecule has 0 aromatic carbocycles. The van der Waals surface area contributed by atoms with Gasteiger partial charge < -0.3 is 24.4 Å². The molecule has 114 valence electrons. The van der Waals surface area contributed by atoms with Gasteiger partial charge in [-0.15, -0.1) is 0 Å². The summed E-state index contributed by atoms with van der Waals surface area (Å²) in [6.45, 7) is 3.81. The SMILES string of the molecule is CNc1nc(OC)nc(N(CCOC)C(C)COC)n1. The Bertz CT molecular complexity index is 382. The lowest BCUT2D eigenvalue weighted by molar-refractivity contribution is 0.170. The Balaban J connectivity index is 3.04. The zero-order chi connectivity index (χ0) is 15.0. The number of nitrogens with one attached hydrogen (secondary N) is 1. The fraction of sp³-hybridized carbons (Fsp3) is 0.750. The number of hydrogen-bond donors (Lipinski definition) is 1. The lowest BCUT2D eigenvalue weighted by Gasteiger charge is -2.28. The van der Waals surface area contributed by atoms with E-state index in [0.717, 1.165) is 0 Å². The quantitative estimate of drug-likeness (QED) is 0.698. The van der Waals surface area contributed by atoms with Gasteiger partial charge in [-0.25, -0.2) is 0 Å². The Morgan fingerprint density at radius 2 is 1.90 bits per heavy atom. The topological polar surface area (TPSA) is 81.6 Å². The van der Waals surface area contributed by atoms with Crippen LogP contribution in [-0.4, -0.2) is 69.1 Å². The van der Waals surface area contributed by atoms with Crippen LogP contribution < -0.4 is 15.0 Å². The highest BCUT2D eigenvalue weighted by molar-refractivity contribution is 5.39. The zero-order valence-electron chi connectivity index (χ0n) is 12.7. The van der Waals surface area contributed by atoms with E-state index in [1.807, 2.05) is 11.8 Å². The van der Waals surface area contributed by atoms with Gasteiger partial charge >= 0.3 is 6.01 Å². The molecule has 1 aromatic rings. The standard InChI is InChI=1S/C12H23N5O3/c1-9(8-19-4)17(6-7-18-3)11-14-10(13-2)15-12(16-11)20-5/h9H,6-8H2,1-5H3,(H,13,14,15,16). The van der Waals surface area contributed by atoms with Crippen molar-refractivity contribution in [2.24, 2.45) is 0 Å². The lowest BCUT2D eigenvalue weighted by atomic mass is 10.3. The van der Waals surface area contributed by atoms with Gasteiger partial charge in [0.25, 0.3) is 0 Å². The zero-order valence-corrected chi connectivity index (χ0v) is 12.7. The van der Waals surface area contributed by atoms with Gasteiger partial charge in [0.15, 0.2) is 0 Å². The molecule has 1 rings (SSSR count). The van der Waals surface area contributed by atoms with E-state index in [4.69, 9.17) is 14.2 Å². The summed E-state index contributed by atoms with van der Waals surface area (Å²) in [7, 11) is 6.59. The van der Waals surface area contributed by atoms with Crippen molar-refractivity contribution in [1.29, 1.82) is 0 Å². The van der Waals surface area contributed by atoms with Crippen LogP contribution in [0.15, 0.2) is 0 Å². The van der Waals surface area contributed by atoms with Crippen LogP contribution in [0.4, 0.5) is 11.9 Å². The minimum absolute atomic E-state index is 0.104. The molecule has 1 aromatic heterocycles. The van der Waals surface area contributed by atoms with Crippen LogP contribution in [0.5, 0.6) is 6.01 Å². The molecule has 8 heteroatoms. The molecule has 0 radical (unpaired) electrons. The van der Waals surface area contributed by atoms with Crippen molar-refractivity contribution in [3.05, 3.63) is 0 Å². The van der Waals surface area contributed by atoms with E-state index < -0.39 is 0 Å². The molecular formula is C12H23N5O3. The molecule has 0 saturated carbocycles. The van der Waals surface area contributed by atoms with E-state index >= 15 is 0 Å². The van der Waals surface area contributed by atoms with Crippen LogP contribution in [0.25, 0.3) is 0 Å². The number of anilines is 2. The fourth-order valence-electron chi connectivity index (χ4n) is 1.72. The lowest BCUT2D eigenvalue weighted by Crippen LogP contribution is -2.40. The van der Waals surface area contributed by atoms with E-state index in [2.05, 4.69) is 20.3 Å². The van der Waals surface area contributed by atoms with E-state index in [-0.39, 0.29) is 12.1 Å². The first-order chi connectivity index (χ1) is 9.65. The molecular weight excluding hydrogens is 262 g/mol. The largest absolute Gasteiger partial charge is 0.467 e. The molecule has 0 aliphatic heterocycles. The highest BCUT2D eigenvalue weighted by Crippen LogP contribution is 2.17. The van der Waals surface area contributed by atoms with Gasteiger partial charge in [-0.2, -0.15) is 15.0 Å². The highest BCUT2D eigenvalue weighted by atomic mass is 16.5. The van der Waals surface area contributed by atoms with Crippen LogP contribution in [0.1, 0.15) is 6.92 Å². The molecule has 0 aliphatic rings. The Morgan fingerprint density at radius 1 is 1.15 bits per heavy atom. The average Bonchev–Trinajstić information content (AvgIpc) is 2.47. The van der Waals surface area contributed by atoms with Gasteiger partial charge in [-0.1, -0.05) is 0 Å². The van der Waals surface area contributed by atoms with Crippen LogP contribution in [-0.2, 0) is 9.47 Å². The van der Waals surface area contributed by atoms with Gasteiger partial charge in [0.1, 0.15) is 0 Å². The summed E-state index contributed by atoms with van der Waals surface area (Å²) in [5.41, 5.74) is 0. The molecule has 1 heterocycles. The first kappa shape index (κ1) is 16.4. The highest BCUT2D eigenvalue weighted by Gasteiger charge is 2.19. The summed E-state index contributed by atoms with van der Waals surface area (Å²) in [6.07, 6.45) is 0. The van der Waals surface area contributed by atoms with Crippen molar-refractivity contribution >= 4 is 11.9 Å². The molecule has 0 aliphatic carbocycles. The van der Waals surface area contributed by atoms with E-state index in [1.54, 1.807) is 21.3 Å². The third-order valence-corrected chi connectivity index (χ3v) is 2.74. The van der Waals surface area contributed by atoms with Gasteiger partial charge in [-0.05, 0) is 6.92 Å². The van der Waals surface area contributed by atoms with Gasteiger partial charge in [0.2, 0.25) is 11.9 Å². The molecule has 20 heavy (non-hydrogen) atoms. The van der Waals surface area contributed by atoms with E-state index in [0.29, 0.717) is 31.7 Å². The van der Waals surface area contributed by atoms with Crippen molar-refractivity contribution in [3.63, 3.8) is 0 Å². The normalized spacial score (nSPS) is 12.1. The molecule has 0 saturated heterocycles. The molecule has 1 atom stereocenters. The summed E-state index contributed by atoms with van der Waals surface area (Å²) >= 11 is 0. The Hall–Kier alpha value is -1.67. The van der Waals surface area contributed by atoms with Crippen molar-refractivity contribution in [1.82, 2.24) is 15.0 Å². The molecule has 8 nitrogen and oxygen atoms in total. The maximum absolute atomic E-state index is 5.20. The third kappa shape index (κ3) is 4.46. The number of rotatable bonds is 9. The van der Waals surface area contributed by atoms with E-state index in [1.165, 1.54) is 7.11 Å². The summed E-state index contributed by atoms with van der Waals surface area (Å²) < 4.78 is 15.4. The molecule has 0 bridgehead atoms. The van der Waals surface area contributed by atoms with Crippen molar-refractivity contribution < 1.29 is 14.2 Å². The summed E-state index contributed by atoms with van der Waals surface area (Å²) in [5.74, 6) is 0.988. The molecule has 1 N–H and O–H groups in total. The summed E-state index contributed by atoms with van der Waals surface area (Å²) in [5, 5.41) is 2.89. The second kappa shape index (κ2) is 8.49. The number of ether oxygens (including phenoxy) is 3. The smallest absolute Gasteiger partial charge is 0.322 e. The molecule has 0 amide bonds. The third-order valence-electron chi connectivity index (χ3n) is 2.74. The predicted octanol–water partition coefficient (Wildman–Crippen LogP) is 0.410. The first-order valence-electron chi connectivity index (χ1n) is 6.38. The summed E-state index contributed by atoms with van der Waals surface area (Å²) in [6, 6.07) is 0.373. The first-order valence-corrected chi connectivity index (χ1v) is 6.38. The van der Waals surface area contributed by atoms with Crippen LogP contribution in [0.2, 0.25) is 0 Å². The molecule has 0 spiro atoms. The molecule has 0 fully saturated rings. The van der Waals surface area contributed by atoms with Crippen molar-refractivity contribution in [2.45, 2.75) is 13.0 Å². The minimum atomic E-state index is 0.104. The Kier molecular flexibility index (Phi) is 6.96. The van der Waals surface area contributed by atoms with E-state index in [9.17, 15) is 0 Å². The predicted molar refractivity (Wildman–Crippen MR) is 76.5 cm³/mol. The average molecular weight is 285 g/mol. The van der Waals surface area contributed by atoms with Crippen LogP contribution in [0.3, 0.4) is 0 Å². The van der Waals surface area contributed by atoms with Crippen molar-refractivity contribution in [2.75, 3.05) is 58.4 Å². The van der Waals surface area contributed by atoms with Gasteiger partial charge in [-0.3, -0.25) is 0 Å². The number of hydrogen-bond acceptors (Lipinski definition) is 8. The maximum Gasteiger partial charge on any atom is 0.322 e. The van der Waals surface area contributed by atoms with Crippen molar-refractivity contribution in [3.8, 4) is 6.01 Å². The Labute approximate surface area is 119 Å². The van der Waals surface area contributed by atoms with Crippen LogP contribution in [0, 0.1) is 0 Å².